The molecule has 168 valence electrons. The summed E-state index contributed by atoms with van der Waals surface area (Å²) in [6.07, 6.45) is 3.43. The Morgan fingerprint density at radius 3 is 2.19 bits per heavy atom. The maximum absolute atomic E-state index is 10.6. The van der Waals surface area contributed by atoms with E-state index in [0.717, 1.165) is 29.9 Å². The molecular weight excluding hydrogens is 404 g/mol. The van der Waals surface area contributed by atoms with Crippen molar-refractivity contribution in [1.29, 1.82) is 0 Å². The van der Waals surface area contributed by atoms with E-state index >= 15 is 0 Å². The average molecular weight is 441 g/mol. The molecule has 0 aliphatic carbocycles. The van der Waals surface area contributed by atoms with E-state index in [9.17, 15) is 5.11 Å². The molecule has 0 amide bonds. The summed E-state index contributed by atoms with van der Waals surface area (Å²) in [5, 5.41) is 11.8. The van der Waals surface area contributed by atoms with Crippen molar-refractivity contribution in [3.8, 4) is 11.5 Å². The van der Waals surface area contributed by atoms with E-state index in [1.165, 1.54) is 20.5 Å². The van der Waals surface area contributed by atoms with Crippen molar-refractivity contribution in [2.24, 2.45) is 0 Å². The molecule has 0 aliphatic rings. The third-order valence-corrected chi connectivity index (χ3v) is 8.25. The summed E-state index contributed by atoms with van der Waals surface area (Å²) in [4.78, 5) is 1.39. The third kappa shape index (κ3) is 4.61. The van der Waals surface area contributed by atoms with Gasteiger partial charge in [-0.3, -0.25) is 0 Å². The molecule has 1 heterocycles. The Morgan fingerprint density at radius 1 is 0.903 bits per heavy atom. The minimum atomic E-state index is -0.764. The van der Waals surface area contributed by atoms with E-state index in [4.69, 9.17) is 9.47 Å². The molecule has 0 aliphatic heterocycles. The van der Waals surface area contributed by atoms with Gasteiger partial charge in [-0.2, -0.15) is 0 Å². The fourth-order valence-corrected chi connectivity index (χ4v) is 5.74. The monoisotopic (exact) mass is 440 g/mol. The van der Waals surface area contributed by atoms with E-state index in [2.05, 4.69) is 57.2 Å². The van der Waals surface area contributed by atoms with Gasteiger partial charge in [-0.05, 0) is 79.5 Å². The first-order valence-electron chi connectivity index (χ1n) is 11.4. The van der Waals surface area contributed by atoms with E-state index in [1.807, 2.05) is 31.3 Å². The molecule has 0 saturated carbocycles. The van der Waals surface area contributed by atoms with Crippen LogP contribution in [0.4, 0.5) is 0 Å². The Labute approximate surface area is 191 Å². The Kier molecular flexibility index (Phi) is 7.33. The highest BCUT2D eigenvalue weighted by molar-refractivity contribution is 7.19. The van der Waals surface area contributed by atoms with Crippen LogP contribution in [0.5, 0.6) is 11.5 Å². The van der Waals surface area contributed by atoms with E-state index < -0.39 is 5.60 Å². The molecular formula is C27H36O3S. The van der Waals surface area contributed by atoms with Crippen molar-refractivity contribution in [3.05, 3.63) is 58.5 Å². The van der Waals surface area contributed by atoms with Crippen LogP contribution in [0.15, 0.2) is 42.5 Å². The zero-order chi connectivity index (χ0) is 22.6. The zero-order valence-corrected chi connectivity index (χ0v) is 20.6. The molecule has 1 N–H and O–H groups in total. The number of aryl methyl sites for hydroxylation is 1. The predicted octanol–water partition coefficient (Wildman–Crippen LogP) is 7.25. The number of methoxy groups -OCH3 is 1. The summed E-state index contributed by atoms with van der Waals surface area (Å²) in [7, 11) is 1.71. The quantitative estimate of drug-likeness (QED) is 0.361. The van der Waals surface area contributed by atoms with E-state index in [-0.39, 0.29) is 5.41 Å². The SMILES string of the molecule is CCC(O)(CC)COc1ccc(C(CC)(CC)c2cc3ccc(OC)cc3s2)cc1C. The van der Waals surface area contributed by atoms with Crippen molar-refractivity contribution in [3.63, 3.8) is 0 Å². The van der Waals surface area contributed by atoms with Gasteiger partial charge in [-0.25, -0.2) is 0 Å². The first-order chi connectivity index (χ1) is 14.8. The number of hydrogen-bond acceptors (Lipinski definition) is 4. The van der Waals surface area contributed by atoms with Gasteiger partial charge in [0.25, 0.3) is 0 Å². The number of thiophene rings is 1. The molecule has 4 heteroatoms. The van der Waals surface area contributed by atoms with Crippen LogP contribution in [0.1, 0.15) is 69.4 Å². The fourth-order valence-electron chi connectivity index (χ4n) is 4.30. The molecule has 3 aromatic rings. The number of hydrogen-bond donors (Lipinski definition) is 1. The lowest BCUT2D eigenvalue weighted by Gasteiger charge is -2.32. The molecule has 3 nitrogen and oxygen atoms in total. The maximum atomic E-state index is 10.6. The second-order valence-corrected chi connectivity index (χ2v) is 9.59. The largest absolute Gasteiger partial charge is 0.497 e. The molecule has 0 fully saturated rings. The van der Waals surface area contributed by atoms with Crippen molar-refractivity contribution in [2.75, 3.05) is 13.7 Å². The second kappa shape index (κ2) is 9.62. The first kappa shape index (κ1) is 23.6. The predicted molar refractivity (Wildman–Crippen MR) is 132 cm³/mol. The zero-order valence-electron chi connectivity index (χ0n) is 19.7. The van der Waals surface area contributed by atoms with Gasteiger partial charge in [-0.15, -0.1) is 11.3 Å². The van der Waals surface area contributed by atoms with E-state index in [1.54, 1.807) is 7.11 Å². The molecule has 0 bridgehead atoms. The number of ether oxygens (including phenoxy) is 2. The van der Waals surface area contributed by atoms with Gasteiger partial charge in [0.2, 0.25) is 0 Å². The van der Waals surface area contributed by atoms with Crippen molar-refractivity contribution in [2.45, 2.75) is 71.3 Å². The molecule has 0 radical (unpaired) electrons. The molecule has 0 atom stereocenters. The minimum absolute atomic E-state index is 0.0339. The van der Waals surface area contributed by atoms with Gasteiger partial charge < -0.3 is 14.6 Å². The topological polar surface area (TPSA) is 38.7 Å². The van der Waals surface area contributed by atoms with Crippen LogP contribution in [-0.2, 0) is 5.41 Å². The molecule has 2 aromatic carbocycles. The summed E-state index contributed by atoms with van der Waals surface area (Å²) >= 11 is 1.86. The Hall–Kier alpha value is -2.04. The lowest BCUT2D eigenvalue weighted by Crippen LogP contribution is -2.34. The number of rotatable bonds is 10. The van der Waals surface area contributed by atoms with Gasteiger partial charge >= 0.3 is 0 Å². The van der Waals surface area contributed by atoms with Crippen molar-refractivity contribution in [1.82, 2.24) is 0 Å². The lowest BCUT2D eigenvalue weighted by atomic mass is 9.74. The summed E-state index contributed by atoms with van der Waals surface area (Å²) in [6, 6.07) is 15.2. The van der Waals surface area contributed by atoms with Gasteiger partial charge in [0.1, 0.15) is 18.1 Å². The van der Waals surface area contributed by atoms with Crippen LogP contribution in [0.2, 0.25) is 0 Å². The van der Waals surface area contributed by atoms with Gasteiger partial charge in [0.15, 0.2) is 0 Å². The van der Waals surface area contributed by atoms with Crippen molar-refractivity contribution < 1.29 is 14.6 Å². The van der Waals surface area contributed by atoms with Crippen LogP contribution in [0.25, 0.3) is 10.1 Å². The Balaban J connectivity index is 1.96. The third-order valence-electron chi connectivity index (χ3n) is 6.95. The van der Waals surface area contributed by atoms with Crippen LogP contribution in [0.3, 0.4) is 0 Å². The van der Waals surface area contributed by atoms with Gasteiger partial charge in [-0.1, -0.05) is 39.8 Å². The van der Waals surface area contributed by atoms with Gasteiger partial charge in [0.05, 0.1) is 12.7 Å². The number of aliphatic hydroxyl groups is 1. The smallest absolute Gasteiger partial charge is 0.122 e. The average Bonchev–Trinajstić information content (AvgIpc) is 3.23. The standard InChI is InChI=1S/C27H36O3S/c1-7-26(28,8-2)18-30-23-14-12-21(15-19(23)5)27(9-3,10-4)25-16-20-11-13-22(29-6)17-24(20)31-25/h11-17,28H,7-10,18H2,1-6H3. The highest BCUT2D eigenvalue weighted by atomic mass is 32.1. The molecule has 0 unspecified atom stereocenters. The highest BCUT2D eigenvalue weighted by Gasteiger charge is 2.33. The van der Waals surface area contributed by atoms with Crippen LogP contribution in [-0.4, -0.2) is 24.4 Å². The van der Waals surface area contributed by atoms with Gasteiger partial charge in [0, 0.05) is 15.0 Å². The highest BCUT2D eigenvalue weighted by Crippen LogP contribution is 2.45. The first-order valence-corrected chi connectivity index (χ1v) is 12.2. The molecule has 31 heavy (non-hydrogen) atoms. The minimum Gasteiger partial charge on any atom is -0.497 e. The molecule has 0 spiro atoms. The van der Waals surface area contributed by atoms with E-state index in [0.29, 0.717) is 19.4 Å². The lowest BCUT2D eigenvalue weighted by molar-refractivity contribution is -0.0115. The molecule has 1 aromatic heterocycles. The maximum Gasteiger partial charge on any atom is 0.122 e. The Morgan fingerprint density at radius 2 is 1.61 bits per heavy atom. The summed E-state index contributed by atoms with van der Waals surface area (Å²) in [6.45, 7) is 11.0. The van der Waals surface area contributed by atoms with Crippen LogP contribution < -0.4 is 9.47 Å². The van der Waals surface area contributed by atoms with Crippen LogP contribution >= 0.6 is 11.3 Å². The Bertz CT molecular complexity index is 1010. The fraction of sp³-hybridized carbons (Fsp3) is 0.481. The molecule has 0 saturated heterocycles. The normalized spacial score (nSPS) is 12.4. The number of fused-ring (bicyclic) bond motifs is 1. The summed E-state index contributed by atoms with van der Waals surface area (Å²) < 4.78 is 12.7. The summed E-state index contributed by atoms with van der Waals surface area (Å²) in [5.74, 6) is 1.75. The second-order valence-electron chi connectivity index (χ2n) is 8.50. The van der Waals surface area contributed by atoms with Crippen molar-refractivity contribution >= 4 is 21.4 Å². The number of benzene rings is 2. The summed E-state index contributed by atoms with van der Waals surface area (Å²) in [5.41, 5.74) is 1.64. The molecule has 3 rings (SSSR count). The van der Waals surface area contributed by atoms with Crippen LogP contribution in [0, 0.1) is 6.92 Å².